The normalized spacial score (nSPS) is 11.0. The van der Waals surface area contributed by atoms with Crippen LogP contribution < -0.4 is 5.32 Å². The van der Waals surface area contributed by atoms with Gasteiger partial charge in [0.05, 0.1) is 11.0 Å². The molecule has 0 saturated heterocycles. The number of imidazole rings is 1. The minimum absolute atomic E-state index is 0.0746. The van der Waals surface area contributed by atoms with Gasteiger partial charge in [-0.2, -0.15) is 0 Å². The molecule has 1 N–H and O–H groups in total. The average molecular weight is 373 g/mol. The third-order valence-corrected chi connectivity index (χ3v) is 3.92. The summed E-state index contributed by atoms with van der Waals surface area (Å²) in [6.45, 7) is 3.39. The smallest absolute Gasteiger partial charge is 0.221 e. The number of carbonyl (C=O) groups is 1. The number of nitrogens with one attached hydrogen (secondary N) is 1. The van der Waals surface area contributed by atoms with Crippen molar-refractivity contribution < 1.29 is 4.79 Å². The maximum atomic E-state index is 11.8. The zero-order valence-electron chi connectivity index (χ0n) is 12.0. The van der Waals surface area contributed by atoms with Crippen molar-refractivity contribution in [3.8, 4) is 0 Å². The van der Waals surface area contributed by atoms with Crippen LogP contribution in [0.1, 0.15) is 25.6 Å². The van der Waals surface area contributed by atoms with Crippen molar-refractivity contribution in [2.45, 2.75) is 32.7 Å². The number of nitrogens with zero attached hydrogens (tertiary/aromatic N) is 2. The lowest BCUT2D eigenvalue weighted by molar-refractivity contribution is -0.121. The van der Waals surface area contributed by atoms with Crippen LogP contribution in [0.4, 0.5) is 0 Å². The molecular formula is C15H19BrClN3O. The summed E-state index contributed by atoms with van der Waals surface area (Å²) in [5, 5.41) is 2.90. The first-order chi connectivity index (χ1) is 10.2. The number of halogens is 2. The Labute approximate surface area is 138 Å². The summed E-state index contributed by atoms with van der Waals surface area (Å²) in [7, 11) is 0. The number of aromatic nitrogens is 2. The Kier molecular flexibility index (Phi) is 6.06. The first-order valence-electron chi connectivity index (χ1n) is 7.13. The fourth-order valence-corrected chi connectivity index (χ4v) is 2.75. The summed E-state index contributed by atoms with van der Waals surface area (Å²) in [6, 6.07) is 5.98. The molecule has 4 nitrogen and oxygen atoms in total. The number of amides is 1. The van der Waals surface area contributed by atoms with Gasteiger partial charge in [-0.25, -0.2) is 4.98 Å². The van der Waals surface area contributed by atoms with E-state index in [1.54, 1.807) is 0 Å². The molecule has 21 heavy (non-hydrogen) atoms. The topological polar surface area (TPSA) is 46.9 Å². The lowest BCUT2D eigenvalue weighted by Crippen LogP contribution is -2.25. The molecule has 0 aliphatic carbocycles. The lowest BCUT2D eigenvalue weighted by Gasteiger charge is -2.09. The van der Waals surface area contributed by atoms with Crippen LogP contribution in [0.3, 0.4) is 0 Å². The van der Waals surface area contributed by atoms with Crippen LogP contribution >= 0.6 is 27.5 Å². The Morgan fingerprint density at radius 3 is 3.00 bits per heavy atom. The van der Waals surface area contributed by atoms with Crippen LogP contribution in [0.5, 0.6) is 0 Å². The molecule has 0 bridgehead atoms. The number of rotatable bonds is 7. The van der Waals surface area contributed by atoms with Crippen LogP contribution in [0.2, 0.25) is 0 Å². The van der Waals surface area contributed by atoms with Crippen molar-refractivity contribution >= 4 is 44.5 Å². The Bertz CT molecular complexity index is 627. The van der Waals surface area contributed by atoms with E-state index in [4.69, 9.17) is 11.6 Å². The zero-order chi connectivity index (χ0) is 15.2. The lowest BCUT2D eigenvalue weighted by atomic mass is 10.3. The molecule has 0 radical (unpaired) electrons. The molecule has 0 aliphatic rings. The molecule has 2 rings (SSSR count). The Morgan fingerprint density at radius 1 is 1.48 bits per heavy atom. The number of aryl methyl sites for hydroxylation is 2. The number of fused-ring (bicyclic) bond motifs is 1. The van der Waals surface area contributed by atoms with Crippen molar-refractivity contribution in [2.24, 2.45) is 0 Å². The van der Waals surface area contributed by atoms with Gasteiger partial charge >= 0.3 is 0 Å². The van der Waals surface area contributed by atoms with E-state index in [9.17, 15) is 4.79 Å². The molecule has 114 valence electrons. The van der Waals surface area contributed by atoms with Crippen molar-refractivity contribution in [1.29, 1.82) is 0 Å². The van der Waals surface area contributed by atoms with E-state index >= 15 is 0 Å². The molecule has 0 fully saturated rings. The third kappa shape index (κ3) is 4.20. The van der Waals surface area contributed by atoms with Crippen molar-refractivity contribution in [1.82, 2.24) is 14.9 Å². The molecule has 0 aliphatic heterocycles. The fraction of sp³-hybridized carbons (Fsp3) is 0.467. The van der Waals surface area contributed by atoms with E-state index in [2.05, 4.69) is 30.8 Å². The van der Waals surface area contributed by atoms with Gasteiger partial charge in [0.2, 0.25) is 5.91 Å². The molecule has 0 atom stereocenters. The monoisotopic (exact) mass is 371 g/mol. The second kappa shape index (κ2) is 7.80. The number of hydrogen-bond donors (Lipinski definition) is 1. The van der Waals surface area contributed by atoms with Gasteiger partial charge in [-0.3, -0.25) is 4.79 Å². The highest BCUT2D eigenvalue weighted by Crippen LogP contribution is 2.22. The van der Waals surface area contributed by atoms with Gasteiger partial charge < -0.3 is 9.88 Å². The van der Waals surface area contributed by atoms with Gasteiger partial charge in [0, 0.05) is 36.3 Å². The van der Waals surface area contributed by atoms with Crippen LogP contribution in [-0.4, -0.2) is 27.9 Å². The third-order valence-electron chi connectivity index (χ3n) is 3.24. The summed E-state index contributed by atoms with van der Waals surface area (Å²) in [5.74, 6) is 1.53. The largest absolute Gasteiger partial charge is 0.356 e. The standard InChI is InChI=1S/C15H19BrClN3O/c1-2-8-18-15(21)6-9-20-13-10-11(16)3-4-12(13)19-14(20)5-7-17/h3-4,10H,2,5-9H2,1H3,(H,18,21). The molecule has 1 aromatic heterocycles. The number of benzene rings is 1. The molecule has 6 heteroatoms. The molecule has 0 saturated carbocycles. The summed E-state index contributed by atoms with van der Waals surface area (Å²) >= 11 is 9.34. The number of carbonyl (C=O) groups excluding carboxylic acids is 1. The summed E-state index contributed by atoms with van der Waals surface area (Å²) in [5.41, 5.74) is 1.97. The maximum absolute atomic E-state index is 11.8. The van der Waals surface area contributed by atoms with Gasteiger partial charge in [-0.1, -0.05) is 22.9 Å². The van der Waals surface area contributed by atoms with Gasteiger partial charge in [-0.15, -0.1) is 11.6 Å². The van der Waals surface area contributed by atoms with E-state index in [0.717, 1.165) is 34.3 Å². The van der Waals surface area contributed by atoms with Crippen LogP contribution in [0.25, 0.3) is 11.0 Å². The molecule has 1 heterocycles. The second-order valence-electron chi connectivity index (χ2n) is 4.85. The Hall–Kier alpha value is -1.07. The predicted molar refractivity (Wildman–Crippen MR) is 89.8 cm³/mol. The van der Waals surface area contributed by atoms with E-state index in [1.165, 1.54) is 0 Å². The second-order valence-corrected chi connectivity index (χ2v) is 6.15. The maximum Gasteiger partial charge on any atom is 0.221 e. The van der Waals surface area contributed by atoms with E-state index in [-0.39, 0.29) is 5.91 Å². The van der Waals surface area contributed by atoms with Crippen molar-refractivity contribution in [3.63, 3.8) is 0 Å². The Morgan fingerprint density at radius 2 is 2.29 bits per heavy atom. The molecule has 1 amide bonds. The van der Waals surface area contributed by atoms with Gasteiger partial charge in [0.1, 0.15) is 5.82 Å². The molecule has 0 spiro atoms. The van der Waals surface area contributed by atoms with Crippen LogP contribution in [0.15, 0.2) is 22.7 Å². The molecule has 2 aromatic rings. The van der Waals surface area contributed by atoms with Crippen LogP contribution in [-0.2, 0) is 17.8 Å². The van der Waals surface area contributed by atoms with E-state index in [1.807, 2.05) is 25.1 Å². The number of alkyl halides is 1. The summed E-state index contributed by atoms with van der Waals surface area (Å²) in [4.78, 5) is 16.4. The van der Waals surface area contributed by atoms with Crippen molar-refractivity contribution in [3.05, 3.63) is 28.5 Å². The number of hydrogen-bond acceptors (Lipinski definition) is 2. The summed E-state index contributed by atoms with van der Waals surface area (Å²) in [6.07, 6.45) is 2.10. The summed E-state index contributed by atoms with van der Waals surface area (Å²) < 4.78 is 3.09. The van der Waals surface area contributed by atoms with Gasteiger partial charge in [0.15, 0.2) is 0 Å². The molecule has 1 aromatic carbocycles. The SMILES string of the molecule is CCCNC(=O)CCn1c(CCCl)nc2ccc(Br)cc21. The average Bonchev–Trinajstić information content (AvgIpc) is 2.80. The highest BCUT2D eigenvalue weighted by molar-refractivity contribution is 9.10. The van der Waals surface area contributed by atoms with Gasteiger partial charge in [0.25, 0.3) is 0 Å². The van der Waals surface area contributed by atoms with E-state index in [0.29, 0.717) is 25.3 Å². The first-order valence-corrected chi connectivity index (χ1v) is 8.45. The van der Waals surface area contributed by atoms with Crippen LogP contribution in [0, 0.1) is 0 Å². The minimum Gasteiger partial charge on any atom is -0.356 e. The highest BCUT2D eigenvalue weighted by Gasteiger charge is 2.12. The fourth-order valence-electron chi connectivity index (χ4n) is 2.24. The zero-order valence-corrected chi connectivity index (χ0v) is 14.4. The highest BCUT2D eigenvalue weighted by atomic mass is 79.9. The quantitative estimate of drug-likeness (QED) is 0.756. The Balaban J connectivity index is 2.21. The molecule has 0 unspecified atom stereocenters. The van der Waals surface area contributed by atoms with E-state index < -0.39 is 0 Å². The predicted octanol–water partition coefficient (Wildman–Crippen LogP) is 3.50. The van der Waals surface area contributed by atoms with Crippen molar-refractivity contribution in [2.75, 3.05) is 12.4 Å². The molecular weight excluding hydrogens is 354 g/mol. The minimum atomic E-state index is 0.0746. The van der Waals surface area contributed by atoms with Gasteiger partial charge in [-0.05, 0) is 24.6 Å². The first kappa shape index (κ1) is 16.3.